The zero-order valence-corrected chi connectivity index (χ0v) is 16.9. The molecule has 0 bridgehead atoms. The summed E-state index contributed by atoms with van der Waals surface area (Å²) in [5.41, 5.74) is 0.613. The van der Waals surface area contributed by atoms with Gasteiger partial charge in [-0.1, -0.05) is 19.0 Å². The normalized spacial score (nSPS) is 12.4. The second-order valence-electron chi connectivity index (χ2n) is 7.27. The van der Waals surface area contributed by atoms with Crippen LogP contribution in [0.2, 0.25) is 0 Å². The van der Waals surface area contributed by atoms with E-state index in [0.717, 1.165) is 0 Å². The van der Waals surface area contributed by atoms with Gasteiger partial charge < -0.3 is 18.8 Å². The molecule has 4 aromatic heterocycles. The highest BCUT2D eigenvalue weighted by Gasteiger charge is 2.29. The monoisotopic (exact) mass is 408 g/mol. The molecule has 0 aliphatic rings. The van der Waals surface area contributed by atoms with E-state index in [1.54, 1.807) is 32.4 Å². The van der Waals surface area contributed by atoms with E-state index in [-0.39, 0.29) is 34.0 Å². The molecule has 0 aliphatic carbocycles. The minimum atomic E-state index is -0.569. The van der Waals surface area contributed by atoms with Crippen LogP contribution in [0.5, 0.6) is 0 Å². The Labute approximate surface area is 171 Å². The SMILES string of the molecule is Cc1oc2ncn(C)c(=O)c2c1C(=O)NC(c1nc(-c2cccnc2)no1)C(C)C. The summed E-state index contributed by atoms with van der Waals surface area (Å²) in [5.74, 6) is 0.406. The van der Waals surface area contributed by atoms with E-state index in [1.165, 1.54) is 10.9 Å². The number of fused-ring (bicyclic) bond motifs is 1. The third-order valence-electron chi connectivity index (χ3n) is 4.76. The molecular weight excluding hydrogens is 388 g/mol. The van der Waals surface area contributed by atoms with Gasteiger partial charge in [-0.25, -0.2) is 4.98 Å². The molecule has 1 unspecified atom stereocenters. The van der Waals surface area contributed by atoms with E-state index in [4.69, 9.17) is 8.94 Å². The van der Waals surface area contributed by atoms with Gasteiger partial charge in [-0.15, -0.1) is 0 Å². The molecule has 1 N–H and O–H groups in total. The van der Waals surface area contributed by atoms with Crippen molar-refractivity contribution >= 4 is 17.0 Å². The van der Waals surface area contributed by atoms with Gasteiger partial charge in [0.25, 0.3) is 11.5 Å². The second kappa shape index (κ2) is 7.54. The molecule has 1 amide bonds. The number of carbonyl (C=O) groups excluding carboxylic acids is 1. The number of hydrogen-bond acceptors (Lipinski definition) is 8. The number of pyridine rings is 1. The Kier molecular flexibility index (Phi) is 4.90. The molecule has 0 saturated carbocycles. The van der Waals surface area contributed by atoms with Crippen LogP contribution in [-0.4, -0.2) is 30.6 Å². The Morgan fingerprint density at radius 1 is 1.30 bits per heavy atom. The molecular formula is C20H20N6O4. The van der Waals surface area contributed by atoms with Crippen molar-refractivity contribution in [2.45, 2.75) is 26.8 Å². The van der Waals surface area contributed by atoms with Crippen LogP contribution in [-0.2, 0) is 7.05 Å². The standard InChI is InChI=1S/C20H20N6O4/c1-10(2)15(19-24-16(25-30-19)12-6-5-7-21-8-12)23-17(27)13-11(3)29-18-14(13)20(28)26(4)9-22-18/h5-10,15H,1-4H3,(H,23,27). The van der Waals surface area contributed by atoms with Gasteiger partial charge >= 0.3 is 0 Å². The molecule has 0 radical (unpaired) electrons. The number of hydrogen-bond donors (Lipinski definition) is 1. The van der Waals surface area contributed by atoms with Gasteiger partial charge in [0.15, 0.2) is 0 Å². The van der Waals surface area contributed by atoms with Crippen molar-refractivity contribution in [2.24, 2.45) is 13.0 Å². The average molecular weight is 408 g/mol. The lowest BCUT2D eigenvalue weighted by Crippen LogP contribution is -2.33. The lowest BCUT2D eigenvalue weighted by atomic mass is 10.0. The van der Waals surface area contributed by atoms with Gasteiger partial charge in [-0.2, -0.15) is 4.98 Å². The van der Waals surface area contributed by atoms with Crippen molar-refractivity contribution in [2.75, 3.05) is 0 Å². The third-order valence-corrected chi connectivity index (χ3v) is 4.76. The Morgan fingerprint density at radius 3 is 2.80 bits per heavy atom. The first-order valence-electron chi connectivity index (χ1n) is 9.36. The summed E-state index contributed by atoms with van der Waals surface area (Å²) >= 11 is 0. The number of nitrogens with one attached hydrogen (secondary N) is 1. The molecule has 30 heavy (non-hydrogen) atoms. The molecule has 4 heterocycles. The van der Waals surface area contributed by atoms with Crippen LogP contribution in [0.1, 0.15) is 41.9 Å². The zero-order valence-electron chi connectivity index (χ0n) is 16.9. The highest BCUT2D eigenvalue weighted by molar-refractivity contribution is 6.06. The Morgan fingerprint density at radius 2 is 2.10 bits per heavy atom. The number of rotatable bonds is 5. The molecule has 0 aliphatic heterocycles. The fourth-order valence-corrected chi connectivity index (χ4v) is 3.16. The van der Waals surface area contributed by atoms with E-state index < -0.39 is 11.9 Å². The first-order chi connectivity index (χ1) is 14.4. The van der Waals surface area contributed by atoms with Gasteiger partial charge in [-0.3, -0.25) is 14.6 Å². The molecule has 154 valence electrons. The van der Waals surface area contributed by atoms with Crippen LogP contribution in [0.25, 0.3) is 22.5 Å². The molecule has 0 spiro atoms. The Balaban J connectivity index is 1.69. The van der Waals surface area contributed by atoms with Gasteiger partial charge in [-0.05, 0) is 25.0 Å². The molecule has 4 aromatic rings. The summed E-state index contributed by atoms with van der Waals surface area (Å²) < 4.78 is 12.2. The molecule has 10 nitrogen and oxygen atoms in total. The Bertz CT molecular complexity index is 1270. The summed E-state index contributed by atoms with van der Waals surface area (Å²) in [6, 6.07) is 3.02. The minimum Gasteiger partial charge on any atom is -0.442 e. The molecule has 0 saturated heterocycles. The predicted molar refractivity (Wildman–Crippen MR) is 107 cm³/mol. The number of nitrogens with zero attached hydrogens (tertiary/aromatic N) is 5. The van der Waals surface area contributed by atoms with E-state index in [2.05, 4.69) is 25.4 Å². The van der Waals surface area contributed by atoms with Crippen molar-refractivity contribution in [3.63, 3.8) is 0 Å². The summed E-state index contributed by atoms with van der Waals surface area (Å²) in [4.78, 5) is 38.2. The van der Waals surface area contributed by atoms with Gasteiger partial charge in [0, 0.05) is 25.0 Å². The van der Waals surface area contributed by atoms with E-state index in [0.29, 0.717) is 17.1 Å². The van der Waals surface area contributed by atoms with Crippen molar-refractivity contribution in [3.8, 4) is 11.4 Å². The van der Waals surface area contributed by atoms with Crippen molar-refractivity contribution in [1.29, 1.82) is 0 Å². The van der Waals surface area contributed by atoms with Crippen molar-refractivity contribution in [3.05, 3.63) is 58.4 Å². The first-order valence-corrected chi connectivity index (χ1v) is 9.36. The third kappa shape index (κ3) is 3.36. The number of amides is 1. The summed E-state index contributed by atoms with van der Waals surface area (Å²) in [6.45, 7) is 5.45. The quantitative estimate of drug-likeness (QED) is 0.533. The topological polar surface area (TPSA) is 129 Å². The molecule has 0 aromatic carbocycles. The number of furan rings is 1. The van der Waals surface area contributed by atoms with Crippen molar-refractivity contribution in [1.82, 2.24) is 30.0 Å². The number of carbonyl (C=O) groups is 1. The molecule has 1 atom stereocenters. The van der Waals surface area contributed by atoms with E-state index in [9.17, 15) is 9.59 Å². The summed E-state index contributed by atoms with van der Waals surface area (Å²) in [6.07, 6.45) is 4.63. The maximum absolute atomic E-state index is 13.1. The van der Waals surface area contributed by atoms with Crippen LogP contribution in [0, 0.1) is 12.8 Å². The van der Waals surface area contributed by atoms with Crippen LogP contribution in [0.15, 0.2) is 44.6 Å². The lowest BCUT2D eigenvalue weighted by Gasteiger charge is -2.18. The maximum Gasteiger partial charge on any atom is 0.265 e. The maximum atomic E-state index is 13.1. The van der Waals surface area contributed by atoms with Crippen LogP contribution < -0.4 is 10.9 Å². The summed E-state index contributed by atoms with van der Waals surface area (Å²) in [7, 11) is 1.56. The average Bonchev–Trinajstić information content (AvgIpc) is 3.34. The lowest BCUT2D eigenvalue weighted by molar-refractivity contribution is 0.0913. The fourth-order valence-electron chi connectivity index (χ4n) is 3.16. The molecule has 0 fully saturated rings. The smallest absolute Gasteiger partial charge is 0.265 e. The zero-order chi connectivity index (χ0) is 21.4. The van der Waals surface area contributed by atoms with Crippen LogP contribution in [0.4, 0.5) is 0 Å². The van der Waals surface area contributed by atoms with Crippen molar-refractivity contribution < 1.29 is 13.7 Å². The molecule has 10 heteroatoms. The van der Waals surface area contributed by atoms with Crippen LogP contribution in [0.3, 0.4) is 0 Å². The predicted octanol–water partition coefficient (Wildman–Crippen LogP) is 2.41. The van der Waals surface area contributed by atoms with Crippen LogP contribution >= 0.6 is 0 Å². The van der Waals surface area contributed by atoms with E-state index in [1.807, 2.05) is 19.9 Å². The Hall–Kier alpha value is -3.82. The molecule has 4 rings (SSSR count). The van der Waals surface area contributed by atoms with Gasteiger partial charge in [0.05, 0.1) is 5.56 Å². The second-order valence-corrected chi connectivity index (χ2v) is 7.27. The number of aryl methyl sites for hydroxylation is 2. The van der Waals surface area contributed by atoms with Gasteiger partial charge in [0.1, 0.15) is 23.5 Å². The largest absolute Gasteiger partial charge is 0.442 e. The highest BCUT2D eigenvalue weighted by atomic mass is 16.5. The van der Waals surface area contributed by atoms with Gasteiger partial charge in [0.2, 0.25) is 17.4 Å². The van der Waals surface area contributed by atoms with E-state index >= 15 is 0 Å². The first kappa shape index (κ1) is 19.5. The highest BCUT2D eigenvalue weighted by Crippen LogP contribution is 2.26. The summed E-state index contributed by atoms with van der Waals surface area (Å²) in [5, 5.41) is 7.02. The minimum absolute atomic E-state index is 0.0597. The fraction of sp³-hybridized carbons (Fsp3) is 0.300. The number of aromatic nitrogens is 5.